The van der Waals surface area contributed by atoms with Crippen molar-refractivity contribution in [1.29, 1.82) is 0 Å². The van der Waals surface area contributed by atoms with E-state index in [1.165, 1.54) is 6.42 Å². The number of fused-ring (bicyclic) bond motifs is 2. The third-order valence-corrected chi connectivity index (χ3v) is 7.71. The summed E-state index contributed by atoms with van der Waals surface area (Å²) in [6.45, 7) is 11.8. The van der Waals surface area contributed by atoms with E-state index in [0.717, 1.165) is 24.3 Å². The SMILES string of the molecule is Cc1cc(N2CCC(C)C2)cn2nc(C34CC(C(=O)OC(C)(C)C)(CO3)C4C(N)=O)nc12.c1ccccc1. The molecule has 3 aromatic rings. The number of anilines is 1. The van der Waals surface area contributed by atoms with Crippen LogP contribution in [0.25, 0.3) is 5.65 Å². The number of aromatic nitrogens is 3. The summed E-state index contributed by atoms with van der Waals surface area (Å²) in [5.41, 5.74) is 5.73. The zero-order valence-corrected chi connectivity index (χ0v) is 22.8. The summed E-state index contributed by atoms with van der Waals surface area (Å²) in [5, 5.41) is 4.71. The van der Waals surface area contributed by atoms with Gasteiger partial charge >= 0.3 is 5.97 Å². The van der Waals surface area contributed by atoms with E-state index in [1.807, 2.05) is 49.5 Å². The predicted molar refractivity (Wildman–Crippen MR) is 143 cm³/mol. The number of nitrogens with zero attached hydrogens (tertiary/aromatic N) is 4. The number of amides is 1. The van der Waals surface area contributed by atoms with E-state index in [-0.39, 0.29) is 13.0 Å². The molecule has 0 radical (unpaired) electrons. The molecule has 4 fully saturated rings. The summed E-state index contributed by atoms with van der Waals surface area (Å²) in [6.07, 6.45) is 3.43. The highest BCUT2D eigenvalue weighted by Crippen LogP contribution is 2.67. The zero-order valence-electron chi connectivity index (χ0n) is 22.8. The number of ether oxygens (including phenoxy) is 2. The van der Waals surface area contributed by atoms with Gasteiger partial charge in [0.2, 0.25) is 5.91 Å². The molecule has 1 aliphatic carbocycles. The number of hydrogen-bond acceptors (Lipinski definition) is 7. The van der Waals surface area contributed by atoms with Crippen molar-refractivity contribution in [3.8, 4) is 0 Å². The minimum atomic E-state index is -1.09. The number of carbonyl (C=O) groups is 2. The van der Waals surface area contributed by atoms with Crippen LogP contribution in [0.4, 0.5) is 5.69 Å². The standard InChI is InChI=1S/C23H31N5O4.C6H6/c1-13-6-7-27(9-13)15-8-14(2)18-25-19(26-28(18)10-15)23-11-22(12-31-23,16(23)17(24)29)20(30)32-21(3,4)5;1-2-4-6-5-3-1/h8,10,13,16H,6-7,9,11-12H2,1-5H3,(H2,24,29);1-6H. The van der Waals surface area contributed by atoms with E-state index in [0.29, 0.717) is 17.4 Å². The number of hydrogen-bond donors (Lipinski definition) is 1. The monoisotopic (exact) mass is 519 g/mol. The van der Waals surface area contributed by atoms with Crippen LogP contribution in [0.1, 0.15) is 51.9 Å². The van der Waals surface area contributed by atoms with Crippen molar-refractivity contribution in [3.05, 3.63) is 60.0 Å². The summed E-state index contributed by atoms with van der Waals surface area (Å²) in [7, 11) is 0. The molecule has 5 heterocycles. The van der Waals surface area contributed by atoms with Crippen LogP contribution in [0.5, 0.6) is 0 Å². The molecule has 4 aliphatic rings. The second kappa shape index (κ2) is 9.38. The van der Waals surface area contributed by atoms with Gasteiger partial charge in [0.25, 0.3) is 0 Å². The molecule has 38 heavy (non-hydrogen) atoms. The van der Waals surface area contributed by atoms with E-state index in [9.17, 15) is 9.59 Å². The van der Waals surface area contributed by atoms with E-state index < -0.39 is 34.4 Å². The third-order valence-electron chi connectivity index (χ3n) is 7.71. The zero-order chi connectivity index (χ0) is 27.3. The highest BCUT2D eigenvalue weighted by atomic mass is 16.6. The largest absolute Gasteiger partial charge is 0.459 e. The molecule has 2 N–H and O–H groups in total. The van der Waals surface area contributed by atoms with Crippen LogP contribution in [0.2, 0.25) is 0 Å². The molecular weight excluding hydrogens is 482 g/mol. The van der Waals surface area contributed by atoms with Crippen molar-refractivity contribution in [3.63, 3.8) is 0 Å². The molecule has 1 aromatic carbocycles. The van der Waals surface area contributed by atoms with Crippen molar-refractivity contribution in [2.24, 2.45) is 23.0 Å². The van der Waals surface area contributed by atoms with Crippen LogP contribution >= 0.6 is 0 Å². The summed E-state index contributed by atoms with van der Waals surface area (Å²) in [5.74, 6) is -0.848. The lowest BCUT2D eigenvalue weighted by atomic mass is 9.53. The second-order valence-electron chi connectivity index (χ2n) is 11.9. The van der Waals surface area contributed by atoms with Crippen molar-refractivity contribution in [1.82, 2.24) is 14.6 Å². The van der Waals surface area contributed by atoms with Gasteiger partial charge in [-0.1, -0.05) is 43.3 Å². The fraction of sp³-hybridized carbons (Fsp3) is 0.517. The van der Waals surface area contributed by atoms with Crippen LogP contribution < -0.4 is 10.6 Å². The van der Waals surface area contributed by atoms with Gasteiger partial charge < -0.3 is 20.1 Å². The van der Waals surface area contributed by atoms with E-state index in [4.69, 9.17) is 25.3 Å². The first-order chi connectivity index (χ1) is 17.9. The summed E-state index contributed by atoms with van der Waals surface area (Å²) >= 11 is 0. The van der Waals surface area contributed by atoms with Crippen molar-refractivity contribution in [2.45, 2.75) is 58.7 Å². The molecular formula is C29H37N5O4. The Bertz CT molecular complexity index is 1320. The number of benzene rings is 1. The number of pyridine rings is 1. The topological polar surface area (TPSA) is 112 Å². The van der Waals surface area contributed by atoms with Crippen molar-refractivity contribution in [2.75, 3.05) is 24.6 Å². The lowest BCUT2D eigenvalue weighted by Crippen LogP contribution is -2.62. The molecule has 2 bridgehead atoms. The summed E-state index contributed by atoms with van der Waals surface area (Å²) in [4.78, 5) is 32.6. The molecule has 9 heteroatoms. The maximum Gasteiger partial charge on any atom is 0.316 e. The molecule has 9 nitrogen and oxygen atoms in total. The molecule has 7 rings (SSSR count). The molecule has 3 aliphatic heterocycles. The fourth-order valence-electron chi connectivity index (χ4n) is 5.96. The Morgan fingerprint density at radius 2 is 1.82 bits per heavy atom. The second-order valence-corrected chi connectivity index (χ2v) is 11.9. The summed E-state index contributed by atoms with van der Waals surface area (Å²) in [6, 6.07) is 14.1. The molecule has 4 atom stereocenters. The Kier molecular flexibility index (Phi) is 6.46. The third kappa shape index (κ3) is 4.42. The maximum absolute atomic E-state index is 13.0. The van der Waals surface area contributed by atoms with Gasteiger partial charge in [-0.3, -0.25) is 9.59 Å². The van der Waals surface area contributed by atoms with Crippen molar-refractivity contribution < 1.29 is 19.1 Å². The van der Waals surface area contributed by atoms with Crippen LogP contribution in [-0.4, -0.2) is 51.8 Å². The Balaban J connectivity index is 0.000000433. The smallest absolute Gasteiger partial charge is 0.316 e. The van der Waals surface area contributed by atoms with Gasteiger partial charge in [-0.05, 0) is 51.7 Å². The fourth-order valence-corrected chi connectivity index (χ4v) is 5.96. The Hall–Kier alpha value is -3.46. The first-order valence-corrected chi connectivity index (χ1v) is 13.2. The highest BCUT2D eigenvalue weighted by molar-refractivity contribution is 5.92. The average molecular weight is 520 g/mol. The molecule has 202 valence electrons. The van der Waals surface area contributed by atoms with E-state index in [2.05, 4.69) is 17.9 Å². The number of nitrogens with two attached hydrogens (primary N) is 1. The van der Waals surface area contributed by atoms with Crippen molar-refractivity contribution >= 4 is 23.2 Å². The van der Waals surface area contributed by atoms with E-state index >= 15 is 0 Å². The molecule has 1 amide bonds. The van der Waals surface area contributed by atoms with E-state index in [1.54, 1.807) is 25.3 Å². The number of primary amides is 1. The minimum Gasteiger partial charge on any atom is -0.459 e. The van der Waals surface area contributed by atoms with Gasteiger partial charge in [-0.2, -0.15) is 0 Å². The Labute approximate surface area is 223 Å². The van der Waals surface area contributed by atoms with Crippen LogP contribution in [0.15, 0.2) is 48.7 Å². The van der Waals surface area contributed by atoms with Gasteiger partial charge in [-0.15, -0.1) is 5.10 Å². The van der Waals surface area contributed by atoms with Gasteiger partial charge in [0, 0.05) is 19.5 Å². The molecule has 0 spiro atoms. The van der Waals surface area contributed by atoms with Crippen LogP contribution in [-0.2, 0) is 24.7 Å². The Morgan fingerprint density at radius 3 is 2.37 bits per heavy atom. The van der Waals surface area contributed by atoms with Gasteiger partial charge in [0.1, 0.15) is 16.6 Å². The molecule has 1 saturated carbocycles. The number of esters is 1. The summed E-state index contributed by atoms with van der Waals surface area (Å²) < 4.78 is 13.4. The number of aryl methyl sites for hydroxylation is 1. The van der Waals surface area contributed by atoms with Gasteiger partial charge in [-0.25, -0.2) is 9.50 Å². The predicted octanol–water partition coefficient (Wildman–Crippen LogP) is 3.63. The van der Waals surface area contributed by atoms with Crippen LogP contribution in [0.3, 0.4) is 0 Å². The average Bonchev–Trinajstić information content (AvgIpc) is 3.61. The van der Waals surface area contributed by atoms with Crippen LogP contribution in [0, 0.1) is 24.2 Å². The lowest BCUT2D eigenvalue weighted by Gasteiger charge is -2.48. The number of rotatable bonds is 4. The first kappa shape index (κ1) is 26.2. The first-order valence-electron chi connectivity index (χ1n) is 13.2. The highest BCUT2D eigenvalue weighted by Gasteiger charge is 2.79. The minimum absolute atomic E-state index is 0.0704. The Morgan fingerprint density at radius 1 is 1.16 bits per heavy atom. The molecule has 3 saturated heterocycles. The lowest BCUT2D eigenvalue weighted by molar-refractivity contribution is -0.186. The van der Waals surface area contributed by atoms with Gasteiger partial charge in [0.15, 0.2) is 11.5 Å². The van der Waals surface area contributed by atoms with Gasteiger partial charge in [0.05, 0.1) is 24.4 Å². The molecule has 4 unspecified atom stereocenters. The maximum atomic E-state index is 13.0. The number of carbonyl (C=O) groups excluding carboxylic acids is 2. The normalized spacial score (nSPS) is 28.0. The molecule has 2 aromatic heterocycles. The quantitative estimate of drug-likeness (QED) is 0.524.